The van der Waals surface area contributed by atoms with Crippen molar-refractivity contribution >= 4 is 0 Å². The summed E-state index contributed by atoms with van der Waals surface area (Å²) in [4.78, 5) is 0. The molecule has 128 valence electrons. The lowest BCUT2D eigenvalue weighted by atomic mass is 9.55. The maximum absolute atomic E-state index is 11.3. The zero-order chi connectivity index (χ0) is 16.5. The van der Waals surface area contributed by atoms with Crippen LogP contribution in [0.1, 0.15) is 66.2 Å². The predicted octanol–water partition coefficient (Wildman–Crippen LogP) is 4.12. The number of hydrogen-bond donors (Lipinski definition) is 1. The SMILES string of the molecule is CC1=C[C@@]2(O)OC[C@]34O[C@@]32CC[C@@H](C)[C@]4(C)CC/C(C)=C/CC1. The van der Waals surface area contributed by atoms with Gasteiger partial charge < -0.3 is 14.6 Å². The van der Waals surface area contributed by atoms with Crippen molar-refractivity contribution in [3.05, 3.63) is 23.3 Å². The second-order valence-electron chi connectivity index (χ2n) is 8.68. The van der Waals surface area contributed by atoms with Gasteiger partial charge in [-0.2, -0.15) is 0 Å². The van der Waals surface area contributed by atoms with Gasteiger partial charge in [-0.25, -0.2) is 0 Å². The van der Waals surface area contributed by atoms with Crippen molar-refractivity contribution in [3.8, 4) is 0 Å². The molecule has 2 saturated heterocycles. The van der Waals surface area contributed by atoms with Crippen molar-refractivity contribution in [1.29, 1.82) is 0 Å². The Balaban J connectivity index is 1.81. The van der Waals surface area contributed by atoms with E-state index >= 15 is 0 Å². The fraction of sp³-hybridized carbons (Fsp3) is 0.800. The number of aliphatic hydroxyl groups is 1. The Morgan fingerprint density at radius 1 is 1.13 bits per heavy atom. The zero-order valence-corrected chi connectivity index (χ0v) is 14.9. The number of epoxide rings is 1. The second-order valence-corrected chi connectivity index (χ2v) is 8.68. The molecule has 1 N–H and O–H groups in total. The van der Waals surface area contributed by atoms with E-state index in [9.17, 15) is 5.11 Å². The monoisotopic (exact) mass is 318 g/mol. The van der Waals surface area contributed by atoms with E-state index in [1.54, 1.807) is 0 Å². The van der Waals surface area contributed by atoms with Crippen LogP contribution in [-0.4, -0.2) is 28.7 Å². The van der Waals surface area contributed by atoms with Gasteiger partial charge in [-0.1, -0.05) is 31.1 Å². The molecule has 5 atom stereocenters. The van der Waals surface area contributed by atoms with Crippen LogP contribution >= 0.6 is 0 Å². The van der Waals surface area contributed by atoms with E-state index in [1.165, 1.54) is 11.1 Å². The molecule has 0 amide bonds. The van der Waals surface area contributed by atoms with Crippen LogP contribution in [0.4, 0.5) is 0 Å². The molecule has 3 nitrogen and oxygen atoms in total. The molecule has 0 spiro atoms. The Morgan fingerprint density at radius 2 is 1.91 bits per heavy atom. The molecule has 0 aromatic heterocycles. The summed E-state index contributed by atoms with van der Waals surface area (Å²) in [5, 5.41) is 11.3. The zero-order valence-electron chi connectivity index (χ0n) is 14.9. The van der Waals surface area contributed by atoms with Gasteiger partial charge in [0.05, 0.1) is 6.61 Å². The third-order valence-electron chi connectivity index (χ3n) is 7.49. The highest BCUT2D eigenvalue weighted by Crippen LogP contribution is 2.75. The Hall–Kier alpha value is -0.640. The van der Waals surface area contributed by atoms with E-state index < -0.39 is 11.4 Å². The van der Waals surface area contributed by atoms with Crippen molar-refractivity contribution in [1.82, 2.24) is 0 Å². The van der Waals surface area contributed by atoms with Gasteiger partial charge in [-0.05, 0) is 64.4 Å². The minimum atomic E-state index is -1.24. The molecule has 2 aliphatic carbocycles. The van der Waals surface area contributed by atoms with Gasteiger partial charge in [0, 0.05) is 5.41 Å². The van der Waals surface area contributed by atoms with Crippen LogP contribution in [0.25, 0.3) is 0 Å². The number of ether oxygens (including phenoxy) is 2. The van der Waals surface area contributed by atoms with E-state index in [0.29, 0.717) is 12.5 Å². The molecule has 4 aliphatic rings. The molecule has 2 aliphatic heterocycles. The fourth-order valence-electron chi connectivity index (χ4n) is 5.54. The maximum atomic E-state index is 11.3. The molecule has 4 bridgehead atoms. The van der Waals surface area contributed by atoms with Gasteiger partial charge in [-0.3, -0.25) is 0 Å². The molecule has 0 radical (unpaired) electrons. The predicted molar refractivity (Wildman–Crippen MR) is 89.9 cm³/mol. The normalized spacial score (nSPS) is 54.9. The Labute approximate surface area is 139 Å². The molecule has 0 unspecified atom stereocenters. The van der Waals surface area contributed by atoms with Crippen LogP contribution in [-0.2, 0) is 9.47 Å². The van der Waals surface area contributed by atoms with Gasteiger partial charge in [0.2, 0.25) is 5.79 Å². The second kappa shape index (κ2) is 4.71. The largest absolute Gasteiger partial charge is 0.360 e. The van der Waals surface area contributed by atoms with Crippen molar-refractivity contribution < 1.29 is 14.6 Å². The van der Waals surface area contributed by atoms with Crippen LogP contribution in [0.15, 0.2) is 23.3 Å². The summed E-state index contributed by atoms with van der Waals surface area (Å²) in [6.07, 6.45) is 10.5. The summed E-state index contributed by atoms with van der Waals surface area (Å²) in [5.41, 5.74) is 1.92. The standard InChI is InChI=1S/C20H30O3/c1-14-6-5-7-15(2)12-20(21)18-11-9-16(3)17(4,10-8-14)19(18,23-18)13-22-20/h6,12,16,21H,5,7-11,13H2,1-4H3/b14-6+,15-12?/t16-,17+,18+,19-,20-/m1/s1. The van der Waals surface area contributed by atoms with Gasteiger partial charge in [0.15, 0.2) is 5.60 Å². The van der Waals surface area contributed by atoms with E-state index in [4.69, 9.17) is 9.47 Å². The molecular weight excluding hydrogens is 288 g/mol. The molecule has 0 aromatic rings. The third-order valence-corrected chi connectivity index (χ3v) is 7.49. The molecule has 2 heterocycles. The summed E-state index contributed by atoms with van der Waals surface area (Å²) in [6, 6.07) is 0. The van der Waals surface area contributed by atoms with Gasteiger partial charge >= 0.3 is 0 Å². The molecular formula is C20H30O3. The quantitative estimate of drug-likeness (QED) is 0.540. The first-order chi connectivity index (χ1) is 10.8. The van der Waals surface area contributed by atoms with Crippen molar-refractivity contribution in [3.63, 3.8) is 0 Å². The summed E-state index contributed by atoms with van der Waals surface area (Å²) in [5.74, 6) is -0.652. The van der Waals surface area contributed by atoms with Gasteiger partial charge in [0.1, 0.15) is 5.60 Å². The lowest BCUT2D eigenvalue weighted by Gasteiger charge is -2.44. The first-order valence-electron chi connectivity index (χ1n) is 9.19. The average Bonchev–Trinajstić information content (AvgIpc) is 3.13. The van der Waals surface area contributed by atoms with Crippen LogP contribution in [0.5, 0.6) is 0 Å². The Bertz CT molecular complexity index is 594. The summed E-state index contributed by atoms with van der Waals surface area (Å²) in [6.45, 7) is 9.59. The minimum absolute atomic E-state index is 0.0613. The Kier molecular flexibility index (Phi) is 3.25. The lowest BCUT2D eigenvalue weighted by Crippen LogP contribution is -2.53. The first kappa shape index (κ1) is 15.9. The van der Waals surface area contributed by atoms with Crippen molar-refractivity contribution in [2.45, 2.75) is 83.2 Å². The van der Waals surface area contributed by atoms with E-state index in [2.05, 4.69) is 33.8 Å². The molecule has 23 heavy (non-hydrogen) atoms. The van der Waals surface area contributed by atoms with Crippen LogP contribution in [0.3, 0.4) is 0 Å². The lowest BCUT2D eigenvalue weighted by molar-refractivity contribution is -0.202. The molecule has 3 heteroatoms. The van der Waals surface area contributed by atoms with Crippen molar-refractivity contribution in [2.75, 3.05) is 6.61 Å². The van der Waals surface area contributed by atoms with Crippen molar-refractivity contribution in [2.24, 2.45) is 11.3 Å². The van der Waals surface area contributed by atoms with Crippen LogP contribution in [0, 0.1) is 11.3 Å². The van der Waals surface area contributed by atoms with Crippen LogP contribution in [0.2, 0.25) is 0 Å². The first-order valence-corrected chi connectivity index (χ1v) is 9.19. The van der Waals surface area contributed by atoms with E-state index in [-0.39, 0.29) is 11.0 Å². The average molecular weight is 318 g/mol. The molecule has 4 rings (SSSR count). The maximum Gasteiger partial charge on any atom is 0.218 e. The smallest absolute Gasteiger partial charge is 0.218 e. The van der Waals surface area contributed by atoms with Gasteiger partial charge in [0.25, 0.3) is 0 Å². The fourth-order valence-corrected chi connectivity index (χ4v) is 5.54. The molecule has 0 aromatic carbocycles. The summed E-state index contributed by atoms with van der Waals surface area (Å²) in [7, 11) is 0. The highest BCUT2D eigenvalue weighted by molar-refractivity contribution is 5.38. The summed E-state index contributed by atoms with van der Waals surface area (Å²) >= 11 is 0. The highest BCUT2D eigenvalue weighted by atomic mass is 16.8. The van der Waals surface area contributed by atoms with E-state index in [1.807, 2.05) is 6.08 Å². The van der Waals surface area contributed by atoms with Crippen LogP contribution < -0.4 is 0 Å². The number of hydrogen-bond acceptors (Lipinski definition) is 3. The topological polar surface area (TPSA) is 42.0 Å². The number of rotatable bonds is 0. The summed E-state index contributed by atoms with van der Waals surface area (Å²) < 4.78 is 12.5. The Morgan fingerprint density at radius 3 is 2.70 bits per heavy atom. The number of allylic oxidation sites excluding steroid dienone is 3. The highest BCUT2D eigenvalue weighted by Gasteiger charge is 2.89. The minimum Gasteiger partial charge on any atom is -0.360 e. The van der Waals surface area contributed by atoms with E-state index in [0.717, 1.165) is 38.5 Å². The van der Waals surface area contributed by atoms with Gasteiger partial charge in [-0.15, -0.1) is 0 Å². The molecule has 1 saturated carbocycles. The third kappa shape index (κ3) is 1.82. The molecule has 3 fully saturated rings.